The SMILES string of the molecule is NC(=O)c1cccc(CN2C[C@@H]3Oc4c(F)ccc(F)c4O[C@@H]3C2)c1. The lowest BCUT2D eigenvalue weighted by atomic mass is 10.1. The third-order valence-corrected chi connectivity index (χ3v) is 4.46. The van der Waals surface area contributed by atoms with Gasteiger partial charge in [-0.3, -0.25) is 9.69 Å². The van der Waals surface area contributed by atoms with Crippen LogP contribution in [0.1, 0.15) is 15.9 Å². The van der Waals surface area contributed by atoms with Gasteiger partial charge in [0.25, 0.3) is 0 Å². The number of hydrogen-bond acceptors (Lipinski definition) is 4. The molecule has 7 heteroatoms. The number of primary amides is 1. The second-order valence-electron chi connectivity index (χ2n) is 6.26. The van der Waals surface area contributed by atoms with Gasteiger partial charge in [-0.1, -0.05) is 12.1 Å². The number of fused-ring (bicyclic) bond motifs is 2. The topological polar surface area (TPSA) is 64.8 Å². The molecule has 4 rings (SSSR count). The number of nitrogens with zero attached hydrogens (tertiary/aromatic N) is 1. The van der Waals surface area contributed by atoms with Crippen molar-refractivity contribution in [3.8, 4) is 11.5 Å². The minimum Gasteiger partial charge on any atom is -0.478 e. The molecule has 1 fully saturated rings. The van der Waals surface area contributed by atoms with Gasteiger partial charge in [0.2, 0.25) is 17.4 Å². The first kappa shape index (κ1) is 15.8. The first-order valence-electron chi connectivity index (χ1n) is 7.93. The molecule has 0 aliphatic carbocycles. The molecule has 130 valence electrons. The minimum atomic E-state index is -0.637. The van der Waals surface area contributed by atoms with Crippen LogP contribution in [0.15, 0.2) is 36.4 Å². The first-order chi connectivity index (χ1) is 12.0. The Morgan fingerprint density at radius 1 is 1.08 bits per heavy atom. The number of halogens is 2. The Balaban J connectivity index is 1.50. The fourth-order valence-corrected chi connectivity index (χ4v) is 3.29. The molecule has 2 aromatic carbocycles. The van der Waals surface area contributed by atoms with Crippen molar-refractivity contribution in [2.75, 3.05) is 13.1 Å². The number of ether oxygens (including phenoxy) is 2. The van der Waals surface area contributed by atoms with Crippen molar-refractivity contribution in [3.63, 3.8) is 0 Å². The van der Waals surface area contributed by atoms with E-state index in [0.717, 1.165) is 17.7 Å². The summed E-state index contributed by atoms with van der Waals surface area (Å²) in [7, 11) is 0. The van der Waals surface area contributed by atoms with Crippen molar-refractivity contribution in [2.24, 2.45) is 5.73 Å². The predicted molar refractivity (Wildman–Crippen MR) is 85.4 cm³/mol. The quantitative estimate of drug-likeness (QED) is 0.924. The molecule has 0 unspecified atom stereocenters. The summed E-state index contributed by atoms with van der Waals surface area (Å²) in [5.41, 5.74) is 6.66. The minimum absolute atomic E-state index is 0.168. The van der Waals surface area contributed by atoms with Gasteiger partial charge in [0.1, 0.15) is 12.2 Å². The van der Waals surface area contributed by atoms with E-state index in [1.807, 2.05) is 6.07 Å². The number of carbonyl (C=O) groups is 1. The van der Waals surface area contributed by atoms with Gasteiger partial charge in [-0.05, 0) is 29.8 Å². The van der Waals surface area contributed by atoms with Crippen LogP contribution in [0.5, 0.6) is 11.5 Å². The largest absolute Gasteiger partial charge is 0.478 e. The summed E-state index contributed by atoms with van der Waals surface area (Å²) in [6.07, 6.45) is -0.744. The summed E-state index contributed by atoms with van der Waals surface area (Å²) in [5, 5.41) is 0. The van der Waals surface area contributed by atoms with Crippen LogP contribution in [-0.2, 0) is 6.54 Å². The molecule has 2 aliphatic rings. The van der Waals surface area contributed by atoms with Crippen molar-refractivity contribution in [1.29, 1.82) is 0 Å². The van der Waals surface area contributed by atoms with Crippen molar-refractivity contribution in [3.05, 3.63) is 59.2 Å². The summed E-state index contributed by atoms with van der Waals surface area (Å²) < 4.78 is 39.0. The molecule has 25 heavy (non-hydrogen) atoms. The summed E-state index contributed by atoms with van der Waals surface area (Å²) >= 11 is 0. The summed E-state index contributed by atoms with van der Waals surface area (Å²) in [4.78, 5) is 13.3. The molecule has 2 aliphatic heterocycles. The van der Waals surface area contributed by atoms with Gasteiger partial charge in [-0.2, -0.15) is 0 Å². The van der Waals surface area contributed by atoms with Crippen LogP contribution >= 0.6 is 0 Å². The van der Waals surface area contributed by atoms with Crippen LogP contribution in [0.4, 0.5) is 8.78 Å². The fourth-order valence-electron chi connectivity index (χ4n) is 3.29. The van der Waals surface area contributed by atoms with Crippen LogP contribution in [0.3, 0.4) is 0 Å². The third kappa shape index (κ3) is 2.91. The van der Waals surface area contributed by atoms with E-state index in [1.165, 1.54) is 0 Å². The van der Waals surface area contributed by atoms with Crippen LogP contribution in [-0.4, -0.2) is 36.1 Å². The van der Waals surface area contributed by atoms with Gasteiger partial charge in [-0.25, -0.2) is 8.78 Å². The van der Waals surface area contributed by atoms with Gasteiger partial charge < -0.3 is 15.2 Å². The molecule has 2 N–H and O–H groups in total. The average Bonchev–Trinajstić information content (AvgIpc) is 2.98. The predicted octanol–water partition coefficient (Wildman–Crippen LogP) is 2.09. The smallest absolute Gasteiger partial charge is 0.248 e. The average molecular weight is 346 g/mol. The number of benzene rings is 2. The molecule has 1 amide bonds. The number of hydrogen-bond donors (Lipinski definition) is 1. The zero-order valence-corrected chi connectivity index (χ0v) is 13.2. The maximum absolute atomic E-state index is 13.8. The summed E-state index contributed by atoms with van der Waals surface area (Å²) in [6, 6.07) is 9.11. The highest BCUT2D eigenvalue weighted by atomic mass is 19.1. The fraction of sp³-hybridized carbons (Fsp3) is 0.278. The maximum atomic E-state index is 13.8. The van der Waals surface area contributed by atoms with Crippen molar-refractivity contribution >= 4 is 5.91 Å². The van der Waals surface area contributed by atoms with E-state index in [2.05, 4.69) is 4.90 Å². The number of amides is 1. The molecule has 0 radical (unpaired) electrons. The standard InChI is InChI=1S/C18H16F2N2O3/c19-12-4-5-13(20)17-16(12)24-14-8-22(9-15(14)25-17)7-10-2-1-3-11(6-10)18(21)23/h1-6,14-15H,7-9H2,(H2,21,23)/t14-,15+. The molecule has 2 heterocycles. The van der Waals surface area contributed by atoms with Gasteiger partial charge in [-0.15, -0.1) is 0 Å². The summed E-state index contributed by atoms with van der Waals surface area (Å²) in [6.45, 7) is 1.59. The van der Waals surface area contributed by atoms with Gasteiger partial charge in [0.15, 0.2) is 11.6 Å². The Morgan fingerprint density at radius 3 is 2.24 bits per heavy atom. The van der Waals surface area contributed by atoms with Crippen LogP contribution in [0.25, 0.3) is 0 Å². The number of carbonyl (C=O) groups excluding carboxylic acids is 1. The van der Waals surface area contributed by atoms with Gasteiger partial charge in [0.05, 0.1) is 0 Å². The maximum Gasteiger partial charge on any atom is 0.248 e. The monoisotopic (exact) mass is 346 g/mol. The molecule has 0 aromatic heterocycles. The van der Waals surface area contributed by atoms with Crippen LogP contribution < -0.4 is 15.2 Å². The Morgan fingerprint density at radius 2 is 1.68 bits per heavy atom. The molecule has 2 aromatic rings. The molecular formula is C18H16F2N2O3. The van der Waals surface area contributed by atoms with E-state index in [0.29, 0.717) is 25.2 Å². The van der Waals surface area contributed by atoms with E-state index in [9.17, 15) is 13.6 Å². The summed E-state index contributed by atoms with van der Waals surface area (Å²) in [5.74, 6) is -2.09. The number of nitrogens with two attached hydrogens (primary N) is 1. The zero-order valence-electron chi connectivity index (χ0n) is 13.2. The Kier molecular flexibility index (Phi) is 3.80. The van der Waals surface area contributed by atoms with Crippen molar-refractivity contribution in [2.45, 2.75) is 18.8 Å². The molecular weight excluding hydrogens is 330 g/mol. The lowest BCUT2D eigenvalue weighted by Crippen LogP contribution is -2.39. The lowest BCUT2D eigenvalue weighted by molar-refractivity contribution is 0.0467. The Labute approximate surface area is 142 Å². The van der Waals surface area contributed by atoms with E-state index in [1.54, 1.807) is 18.2 Å². The molecule has 0 spiro atoms. The van der Waals surface area contributed by atoms with E-state index >= 15 is 0 Å². The zero-order chi connectivity index (χ0) is 17.6. The van der Waals surface area contributed by atoms with Crippen molar-refractivity contribution < 1.29 is 23.0 Å². The number of likely N-dealkylation sites (tertiary alicyclic amines) is 1. The van der Waals surface area contributed by atoms with E-state index in [-0.39, 0.29) is 23.7 Å². The number of rotatable bonds is 3. The Bertz CT molecular complexity index is 804. The first-order valence-corrected chi connectivity index (χ1v) is 7.93. The highest BCUT2D eigenvalue weighted by Crippen LogP contribution is 2.40. The molecule has 5 nitrogen and oxygen atoms in total. The molecule has 2 atom stereocenters. The highest BCUT2D eigenvalue weighted by Gasteiger charge is 2.41. The Hall–Kier alpha value is -2.67. The molecule has 0 saturated carbocycles. The van der Waals surface area contributed by atoms with Crippen molar-refractivity contribution in [1.82, 2.24) is 4.90 Å². The van der Waals surface area contributed by atoms with Gasteiger partial charge >= 0.3 is 0 Å². The highest BCUT2D eigenvalue weighted by molar-refractivity contribution is 5.92. The molecule has 1 saturated heterocycles. The van der Waals surface area contributed by atoms with E-state index < -0.39 is 17.5 Å². The van der Waals surface area contributed by atoms with Crippen LogP contribution in [0.2, 0.25) is 0 Å². The lowest BCUT2D eigenvalue weighted by Gasteiger charge is -2.28. The van der Waals surface area contributed by atoms with E-state index in [4.69, 9.17) is 15.2 Å². The van der Waals surface area contributed by atoms with Crippen LogP contribution in [0, 0.1) is 11.6 Å². The molecule has 0 bridgehead atoms. The second kappa shape index (κ2) is 6.00. The third-order valence-electron chi connectivity index (χ3n) is 4.46. The van der Waals surface area contributed by atoms with Gasteiger partial charge in [0, 0.05) is 25.2 Å². The second-order valence-corrected chi connectivity index (χ2v) is 6.26. The normalized spacial score (nSPS) is 21.8.